The number of carbonyl (C=O) groups excluding carboxylic acids is 2. The summed E-state index contributed by atoms with van der Waals surface area (Å²) in [6.45, 7) is 0.336. The molecule has 1 fully saturated rings. The number of aromatic nitrogens is 2. The van der Waals surface area contributed by atoms with Crippen molar-refractivity contribution in [3.05, 3.63) is 71.8 Å². The topological polar surface area (TPSA) is 94.5 Å². The monoisotopic (exact) mass is 480 g/mol. The van der Waals surface area contributed by atoms with Gasteiger partial charge in [0.05, 0.1) is 20.4 Å². The SMILES string of the molecule is COc1cc(C[C@@]2(CCC(=O)NCc3cnn(-c4ccccc4OC)c3)CCC(=O)N2)ccc1F. The van der Waals surface area contributed by atoms with Gasteiger partial charge in [-0.3, -0.25) is 9.59 Å². The molecule has 0 aliphatic carbocycles. The predicted octanol–water partition coefficient (Wildman–Crippen LogP) is 3.32. The number of ether oxygens (including phenoxy) is 2. The van der Waals surface area contributed by atoms with Gasteiger partial charge in [0.1, 0.15) is 11.4 Å². The number of hydrogen-bond acceptors (Lipinski definition) is 5. The van der Waals surface area contributed by atoms with Crippen molar-refractivity contribution in [1.29, 1.82) is 0 Å². The minimum Gasteiger partial charge on any atom is -0.494 e. The zero-order valence-corrected chi connectivity index (χ0v) is 19.8. The Morgan fingerprint density at radius 1 is 1.17 bits per heavy atom. The molecule has 3 aromatic rings. The minimum absolute atomic E-state index is 0.0387. The molecule has 35 heavy (non-hydrogen) atoms. The Morgan fingerprint density at radius 3 is 2.71 bits per heavy atom. The molecule has 0 spiro atoms. The molecule has 1 aliphatic rings. The van der Waals surface area contributed by atoms with Gasteiger partial charge in [0, 0.05) is 36.7 Å². The fourth-order valence-corrected chi connectivity index (χ4v) is 4.43. The lowest BCUT2D eigenvalue weighted by molar-refractivity contribution is -0.122. The summed E-state index contributed by atoms with van der Waals surface area (Å²) in [6, 6.07) is 12.2. The molecule has 0 bridgehead atoms. The first-order valence-corrected chi connectivity index (χ1v) is 11.5. The Kier molecular flexibility index (Phi) is 7.33. The molecule has 2 heterocycles. The molecule has 2 amide bonds. The lowest BCUT2D eigenvalue weighted by Gasteiger charge is -2.29. The molecule has 0 saturated carbocycles. The molecule has 184 valence electrons. The van der Waals surface area contributed by atoms with Crippen LogP contribution in [0.1, 0.15) is 36.8 Å². The number of halogens is 1. The summed E-state index contributed by atoms with van der Waals surface area (Å²) < 4.78 is 26.0. The van der Waals surface area contributed by atoms with E-state index in [1.807, 2.05) is 30.5 Å². The summed E-state index contributed by atoms with van der Waals surface area (Å²) in [5, 5.41) is 10.3. The number of rotatable bonds is 10. The van der Waals surface area contributed by atoms with Gasteiger partial charge in [0.2, 0.25) is 11.8 Å². The molecular formula is C26H29FN4O4. The van der Waals surface area contributed by atoms with Gasteiger partial charge in [0.15, 0.2) is 11.6 Å². The van der Waals surface area contributed by atoms with Crippen LogP contribution in [0.2, 0.25) is 0 Å². The molecule has 0 radical (unpaired) electrons. The van der Waals surface area contributed by atoms with Crippen molar-refractivity contribution in [3.63, 3.8) is 0 Å². The van der Waals surface area contributed by atoms with Gasteiger partial charge in [-0.15, -0.1) is 0 Å². The summed E-state index contributed by atoms with van der Waals surface area (Å²) in [6.07, 6.45) is 5.79. The van der Waals surface area contributed by atoms with Crippen LogP contribution in [0.4, 0.5) is 4.39 Å². The number of methoxy groups -OCH3 is 2. The third kappa shape index (κ3) is 5.79. The quantitative estimate of drug-likeness (QED) is 0.464. The van der Waals surface area contributed by atoms with Gasteiger partial charge in [0.25, 0.3) is 0 Å². The molecule has 2 aromatic carbocycles. The maximum absolute atomic E-state index is 13.8. The highest BCUT2D eigenvalue weighted by Gasteiger charge is 2.38. The molecule has 9 heteroatoms. The Morgan fingerprint density at radius 2 is 1.97 bits per heavy atom. The second-order valence-corrected chi connectivity index (χ2v) is 8.72. The fourth-order valence-electron chi connectivity index (χ4n) is 4.43. The van der Waals surface area contributed by atoms with Crippen LogP contribution in [-0.4, -0.2) is 41.4 Å². The molecular weight excluding hydrogens is 451 g/mol. The van der Waals surface area contributed by atoms with Gasteiger partial charge < -0.3 is 20.1 Å². The van der Waals surface area contributed by atoms with Crippen molar-refractivity contribution in [1.82, 2.24) is 20.4 Å². The number of carbonyl (C=O) groups is 2. The Hall–Kier alpha value is -3.88. The number of hydrogen-bond donors (Lipinski definition) is 2. The Labute approximate surface area is 203 Å². The number of nitrogens with one attached hydrogen (secondary N) is 2. The van der Waals surface area contributed by atoms with Crippen LogP contribution in [0, 0.1) is 5.82 Å². The molecule has 8 nitrogen and oxygen atoms in total. The van der Waals surface area contributed by atoms with E-state index < -0.39 is 11.4 Å². The molecule has 1 saturated heterocycles. The van der Waals surface area contributed by atoms with Crippen molar-refractivity contribution >= 4 is 11.8 Å². The van der Waals surface area contributed by atoms with Crippen LogP contribution in [0.25, 0.3) is 5.69 Å². The summed E-state index contributed by atoms with van der Waals surface area (Å²) in [7, 11) is 3.02. The van der Waals surface area contributed by atoms with E-state index in [2.05, 4.69) is 15.7 Å². The second kappa shape index (κ2) is 10.6. The maximum Gasteiger partial charge on any atom is 0.220 e. The van der Waals surface area contributed by atoms with Crippen molar-refractivity contribution < 1.29 is 23.5 Å². The standard InChI is InChI=1S/C26H29FN4O4/c1-34-22-6-4-3-5-21(22)31-17-19(16-29-31)15-28-24(32)9-11-26(12-10-25(33)30-26)14-18-7-8-20(27)23(13-18)35-2/h3-8,13,16-17H,9-12,14-15H2,1-2H3,(H,28,32)(H,30,33)/t26-/m1/s1. The first-order chi connectivity index (χ1) is 16.9. The number of para-hydroxylation sites is 2. The van der Waals surface area contributed by atoms with Crippen LogP contribution in [-0.2, 0) is 22.6 Å². The van der Waals surface area contributed by atoms with Crippen LogP contribution in [0.5, 0.6) is 11.5 Å². The van der Waals surface area contributed by atoms with E-state index in [1.165, 1.54) is 13.2 Å². The predicted molar refractivity (Wildman–Crippen MR) is 128 cm³/mol. The third-order valence-electron chi connectivity index (χ3n) is 6.28. The zero-order chi connectivity index (χ0) is 24.8. The van der Waals surface area contributed by atoms with Crippen molar-refractivity contribution in [3.8, 4) is 17.2 Å². The smallest absolute Gasteiger partial charge is 0.220 e. The average molecular weight is 481 g/mol. The van der Waals surface area contributed by atoms with E-state index in [9.17, 15) is 14.0 Å². The molecule has 0 unspecified atom stereocenters. The molecule has 4 rings (SSSR count). The summed E-state index contributed by atoms with van der Waals surface area (Å²) >= 11 is 0. The van der Waals surface area contributed by atoms with E-state index in [0.29, 0.717) is 38.0 Å². The second-order valence-electron chi connectivity index (χ2n) is 8.72. The Balaban J connectivity index is 1.35. The first-order valence-electron chi connectivity index (χ1n) is 11.5. The molecule has 1 aliphatic heterocycles. The van der Waals surface area contributed by atoms with E-state index >= 15 is 0 Å². The number of benzene rings is 2. The van der Waals surface area contributed by atoms with Gasteiger partial charge in [-0.05, 0) is 49.1 Å². The Bertz CT molecular complexity index is 1210. The average Bonchev–Trinajstić information content (AvgIpc) is 3.49. The summed E-state index contributed by atoms with van der Waals surface area (Å²) in [4.78, 5) is 24.7. The van der Waals surface area contributed by atoms with Gasteiger partial charge in [-0.2, -0.15) is 5.10 Å². The molecule has 2 N–H and O–H groups in total. The lowest BCUT2D eigenvalue weighted by Crippen LogP contribution is -2.44. The van der Waals surface area contributed by atoms with Gasteiger partial charge in [-0.1, -0.05) is 18.2 Å². The lowest BCUT2D eigenvalue weighted by atomic mass is 9.85. The first kappa shape index (κ1) is 24.3. The van der Waals surface area contributed by atoms with E-state index in [0.717, 1.165) is 16.8 Å². The van der Waals surface area contributed by atoms with Crippen LogP contribution in [0.3, 0.4) is 0 Å². The van der Waals surface area contributed by atoms with Crippen molar-refractivity contribution in [2.24, 2.45) is 0 Å². The van der Waals surface area contributed by atoms with Crippen molar-refractivity contribution in [2.45, 2.75) is 44.2 Å². The largest absolute Gasteiger partial charge is 0.494 e. The highest BCUT2D eigenvalue weighted by atomic mass is 19.1. The third-order valence-corrected chi connectivity index (χ3v) is 6.28. The van der Waals surface area contributed by atoms with Gasteiger partial charge >= 0.3 is 0 Å². The maximum atomic E-state index is 13.8. The zero-order valence-electron chi connectivity index (χ0n) is 19.8. The highest BCUT2D eigenvalue weighted by Crippen LogP contribution is 2.31. The highest BCUT2D eigenvalue weighted by molar-refractivity contribution is 5.80. The fraction of sp³-hybridized carbons (Fsp3) is 0.346. The number of nitrogens with zero attached hydrogens (tertiary/aromatic N) is 2. The summed E-state index contributed by atoms with van der Waals surface area (Å²) in [5.74, 6) is 0.270. The van der Waals surface area contributed by atoms with E-state index in [-0.39, 0.29) is 24.0 Å². The van der Waals surface area contributed by atoms with E-state index in [4.69, 9.17) is 9.47 Å². The van der Waals surface area contributed by atoms with Gasteiger partial charge in [-0.25, -0.2) is 9.07 Å². The van der Waals surface area contributed by atoms with Crippen LogP contribution < -0.4 is 20.1 Å². The van der Waals surface area contributed by atoms with Crippen LogP contribution in [0.15, 0.2) is 54.9 Å². The van der Waals surface area contributed by atoms with E-state index in [1.54, 1.807) is 30.1 Å². The number of amides is 2. The molecule has 1 atom stereocenters. The normalized spacial score (nSPS) is 17.2. The summed E-state index contributed by atoms with van der Waals surface area (Å²) in [5.41, 5.74) is 1.96. The molecule has 1 aromatic heterocycles. The minimum atomic E-state index is -0.550. The van der Waals surface area contributed by atoms with Crippen LogP contribution >= 0.6 is 0 Å². The van der Waals surface area contributed by atoms with Crippen molar-refractivity contribution in [2.75, 3.05) is 14.2 Å².